The van der Waals surface area contributed by atoms with Crippen molar-refractivity contribution in [3.05, 3.63) is 0 Å². The van der Waals surface area contributed by atoms with Crippen molar-refractivity contribution in [3.8, 4) is 0 Å². The summed E-state index contributed by atoms with van der Waals surface area (Å²) in [6.07, 6.45) is -4.24. The maximum atomic E-state index is 12.5. The van der Waals surface area contributed by atoms with E-state index in [1.165, 1.54) is 0 Å². The van der Waals surface area contributed by atoms with E-state index in [2.05, 4.69) is 10.1 Å². The number of halogens is 3. The van der Waals surface area contributed by atoms with Crippen molar-refractivity contribution in [3.63, 3.8) is 0 Å². The lowest BCUT2D eigenvalue weighted by atomic mass is 9.92. The van der Waals surface area contributed by atoms with Gasteiger partial charge in [-0.15, -0.1) is 0 Å². The monoisotopic (exact) mass is 197 g/mol. The molecule has 0 aromatic carbocycles. The Labute approximate surface area is 75.4 Å². The van der Waals surface area contributed by atoms with Gasteiger partial charge in [0, 0.05) is 5.54 Å². The largest absolute Gasteiger partial charge is 0.411 e. The molecule has 0 radical (unpaired) electrons. The van der Waals surface area contributed by atoms with E-state index < -0.39 is 17.3 Å². The fraction of sp³-hybridized carbons (Fsp3) is 1.00. The highest BCUT2D eigenvalue weighted by Crippen LogP contribution is 2.37. The van der Waals surface area contributed by atoms with Crippen LogP contribution < -0.4 is 5.32 Å². The normalized spacial score (nSPS) is 22.6. The third-order valence-electron chi connectivity index (χ3n) is 1.85. The Kier molecular flexibility index (Phi) is 2.37. The Morgan fingerprint density at radius 1 is 1.15 bits per heavy atom. The van der Waals surface area contributed by atoms with Crippen LogP contribution in [0.15, 0.2) is 0 Å². The van der Waals surface area contributed by atoms with Crippen LogP contribution in [-0.4, -0.2) is 30.5 Å². The first-order valence-electron chi connectivity index (χ1n) is 4.10. The molecule has 0 aliphatic carbocycles. The van der Waals surface area contributed by atoms with Crippen LogP contribution in [0.3, 0.4) is 0 Å². The summed E-state index contributed by atoms with van der Waals surface area (Å²) in [7, 11) is 0. The summed E-state index contributed by atoms with van der Waals surface area (Å²) in [5, 5.41) is 2.56. The highest BCUT2D eigenvalue weighted by molar-refractivity contribution is 5.03. The Morgan fingerprint density at radius 3 is 1.69 bits per heavy atom. The minimum atomic E-state index is -4.24. The van der Waals surface area contributed by atoms with E-state index in [9.17, 15) is 13.2 Å². The van der Waals surface area contributed by atoms with Crippen molar-refractivity contribution in [2.24, 2.45) is 0 Å². The van der Waals surface area contributed by atoms with E-state index in [1.807, 2.05) is 0 Å². The molecule has 78 valence electrons. The summed E-state index contributed by atoms with van der Waals surface area (Å²) in [5.74, 6) is 0. The minimum absolute atomic E-state index is 0.284. The minimum Gasteiger partial charge on any atom is -0.377 e. The van der Waals surface area contributed by atoms with Gasteiger partial charge >= 0.3 is 6.18 Å². The molecular formula is C8H14F3NO. The van der Waals surface area contributed by atoms with Crippen molar-refractivity contribution in [1.29, 1.82) is 0 Å². The van der Waals surface area contributed by atoms with Crippen LogP contribution in [0.1, 0.15) is 20.8 Å². The quantitative estimate of drug-likeness (QED) is 0.690. The summed E-state index contributed by atoms with van der Waals surface area (Å²) in [4.78, 5) is 0. The topological polar surface area (TPSA) is 21.3 Å². The molecule has 5 heteroatoms. The Bertz CT molecular complexity index is 191. The van der Waals surface area contributed by atoms with Crippen molar-refractivity contribution < 1.29 is 17.9 Å². The van der Waals surface area contributed by atoms with Crippen LogP contribution in [0.5, 0.6) is 0 Å². The lowest BCUT2D eigenvalue weighted by Crippen LogP contribution is -2.72. The van der Waals surface area contributed by atoms with Gasteiger partial charge in [0.2, 0.25) is 0 Å². The van der Waals surface area contributed by atoms with Gasteiger partial charge < -0.3 is 4.74 Å². The Hall–Kier alpha value is -0.290. The molecule has 1 fully saturated rings. The van der Waals surface area contributed by atoms with E-state index in [4.69, 9.17) is 0 Å². The molecule has 1 heterocycles. The first-order chi connectivity index (χ1) is 5.66. The lowest BCUT2D eigenvalue weighted by Gasteiger charge is -2.47. The smallest absolute Gasteiger partial charge is 0.377 e. The molecule has 0 aromatic heterocycles. The van der Waals surface area contributed by atoms with Gasteiger partial charge in [0.15, 0.2) is 5.54 Å². The zero-order valence-corrected chi connectivity index (χ0v) is 7.96. The maximum Gasteiger partial charge on any atom is 0.411 e. The van der Waals surface area contributed by atoms with Crippen molar-refractivity contribution in [2.45, 2.75) is 38.0 Å². The molecule has 1 aliphatic heterocycles. The summed E-state index contributed by atoms with van der Waals surface area (Å²) in [5.41, 5.74) is -2.38. The van der Waals surface area contributed by atoms with Crippen molar-refractivity contribution in [1.82, 2.24) is 5.32 Å². The number of alkyl halides is 3. The third kappa shape index (κ3) is 2.14. The number of rotatable bonds is 1. The Morgan fingerprint density at radius 2 is 1.62 bits per heavy atom. The van der Waals surface area contributed by atoms with Gasteiger partial charge in [-0.3, -0.25) is 5.32 Å². The molecule has 0 spiro atoms. The second-order valence-corrected chi connectivity index (χ2v) is 4.45. The van der Waals surface area contributed by atoms with Crippen LogP contribution >= 0.6 is 0 Å². The summed E-state index contributed by atoms with van der Waals surface area (Å²) in [6, 6.07) is 0. The fourth-order valence-corrected chi connectivity index (χ4v) is 1.33. The zero-order valence-electron chi connectivity index (χ0n) is 7.96. The number of ether oxygens (including phenoxy) is 1. The van der Waals surface area contributed by atoms with Gasteiger partial charge in [-0.1, -0.05) is 0 Å². The van der Waals surface area contributed by atoms with Crippen LogP contribution in [0.25, 0.3) is 0 Å². The second kappa shape index (κ2) is 2.85. The molecule has 2 nitrogen and oxygen atoms in total. The molecule has 1 saturated heterocycles. The van der Waals surface area contributed by atoms with Gasteiger partial charge in [-0.2, -0.15) is 13.2 Å². The van der Waals surface area contributed by atoms with Gasteiger partial charge in [0.25, 0.3) is 0 Å². The highest BCUT2D eigenvalue weighted by atomic mass is 19.4. The van der Waals surface area contributed by atoms with Crippen LogP contribution in [0, 0.1) is 0 Å². The predicted octanol–water partition coefficient (Wildman–Crippen LogP) is 1.71. The van der Waals surface area contributed by atoms with E-state index in [0.29, 0.717) is 0 Å². The molecule has 1 aliphatic rings. The zero-order chi connectivity index (χ0) is 10.3. The van der Waals surface area contributed by atoms with E-state index in [1.54, 1.807) is 20.8 Å². The highest BCUT2D eigenvalue weighted by Gasteiger charge is 2.61. The molecule has 0 unspecified atom stereocenters. The average Bonchev–Trinajstić information content (AvgIpc) is 1.73. The molecule has 0 aromatic rings. The Balaban J connectivity index is 2.72. The van der Waals surface area contributed by atoms with Gasteiger partial charge in [-0.05, 0) is 20.8 Å². The number of hydrogen-bond acceptors (Lipinski definition) is 2. The molecule has 1 N–H and O–H groups in total. The standard InChI is InChI=1S/C8H14F3NO/c1-6(2,3)12-7(4-13-5-7)8(9,10)11/h12H,4-5H2,1-3H3. The first-order valence-corrected chi connectivity index (χ1v) is 4.10. The molecule has 1 rings (SSSR count). The average molecular weight is 197 g/mol. The van der Waals surface area contributed by atoms with Crippen LogP contribution in [-0.2, 0) is 4.74 Å². The maximum absolute atomic E-state index is 12.5. The van der Waals surface area contributed by atoms with Gasteiger partial charge in [0.1, 0.15) is 0 Å². The van der Waals surface area contributed by atoms with Crippen molar-refractivity contribution >= 4 is 0 Å². The molecule has 0 amide bonds. The fourth-order valence-electron chi connectivity index (χ4n) is 1.33. The number of hydrogen-bond donors (Lipinski definition) is 1. The predicted molar refractivity (Wildman–Crippen MR) is 42.5 cm³/mol. The van der Waals surface area contributed by atoms with Crippen LogP contribution in [0.4, 0.5) is 13.2 Å². The second-order valence-electron chi connectivity index (χ2n) is 4.45. The summed E-state index contributed by atoms with van der Waals surface area (Å²) >= 11 is 0. The van der Waals surface area contributed by atoms with Crippen molar-refractivity contribution in [2.75, 3.05) is 13.2 Å². The molecule has 13 heavy (non-hydrogen) atoms. The van der Waals surface area contributed by atoms with Gasteiger partial charge in [-0.25, -0.2) is 0 Å². The van der Waals surface area contributed by atoms with E-state index in [0.717, 1.165) is 0 Å². The molecule has 0 saturated carbocycles. The number of nitrogens with one attached hydrogen (secondary N) is 1. The van der Waals surface area contributed by atoms with E-state index >= 15 is 0 Å². The molecule has 0 bridgehead atoms. The summed E-state index contributed by atoms with van der Waals surface area (Å²) < 4.78 is 42.3. The van der Waals surface area contributed by atoms with Gasteiger partial charge in [0.05, 0.1) is 13.2 Å². The first kappa shape index (κ1) is 10.8. The van der Waals surface area contributed by atoms with Crippen LogP contribution in [0.2, 0.25) is 0 Å². The van der Waals surface area contributed by atoms with E-state index in [-0.39, 0.29) is 13.2 Å². The summed E-state index contributed by atoms with van der Waals surface area (Å²) in [6.45, 7) is 4.55. The SMILES string of the molecule is CC(C)(C)NC1(C(F)(F)F)COC1. The lowest BCUT2D eigenvalue weighted by molar-refractivity contribution is -0.272. The molecular weight excluding hydrogens is 183 g/mol. The third-order valence-corrected chi connectivity index (χ3v) is 1.85. The molecule has 0 atom stereocenters.